The summed E-state index contributed by atoms with van der Waals surface area (Å²) in [6.07, 6.45) is 1.76. The summed E-state index contributed by atoms with van der Waals surface area (Å²) in [6.45, 7) is 1.82. The molecule has 1 amide bonds. The number of hydrogen-bond donors (Lipinski definition) is 1. The second-order valence-corrected chi connectivity index (χ2v) is 7.27. The maximum atomic E-state index is 12.3. The van der Waals surface area contributed by atoms with E-state index in [1.165, 1.54) is 11.3 Å². The molecule has 0 unspecified atom stereocenters. The van der Waals surface area contributed by atoms with E-state index in [1.54, 1.807) is 19.4 Å². The van der Waals surface area contributed by atoms with Crippen LogP contribution in [0.2, 0.25) is 0 Å². The number of ether oxygens (including phenoxy) is 2. The molecule has 0 aliphatic heterocycles. The summed E-state index contributed by atoms with van der Waals surface area (Å²) in [5.41, 5.74) is 2.57. The first kappa shape index (κ1) is 18.9. The van der Waals surface area contributed by atoms with Gasteiger partial charge in [0.15, 0.2) is 23.2 Å². The number of carbonyl (C=O) groups excluding carboxylic acids is 1. The van der Waals surface area contributed by atoms with E-state index >= 15 is 0 Å². The summed E-state index contributed by atoms with van der Waals surface area (Å²) in [7, 11) is 1.57. The Morgan fingerprint density at radius 1 is 1.14 bits per heavy atom. The number of carbonyl (C=O) groups is 1. The van der Waals surface area contributed by atoms with Crippen LogP contribution in [0.4, 0.5) is 5.13 Å². The lowest BCUT2D eigenvalue weighted by atomic mass is 10.1. The number of thiazole rings is 1. The van der Waals surface area contributed by atoms with E-state index in [-0.39, 0.29) is 12.5 Å². The van der Waals surface area contributed by atoms with Crippen LogP contribution < -0.4 is 14.8 Å². The van der Waals surface area contributed by atoms with Crippen molar-refractivity contribution in [3.63, 3.8) is 0 Å². The first-order valence-corrected chi connectivity index (χ1v) is 9.89. The number of anilines is 1. The lowest BCUT2D eigenvalue weighted by molar-refractivity contribution is -0.118. The Balaban J connectivity index is 1.45. The molecular weight excluding hydrogens is 386 g/mol. The van der Waals surface area contributed by atoms with Gasteiger partial charge < -0.3 is 9.47 Å². The van der Waals surface area contributed by atoms with Crippen molar-refractivity contribution >= 4 is 33.1 Å². The molecule has 0 aliphatic rings. The average Bonchev–Trinajstić information content (AvgIpc) is 3.20. The number of pyridine rings is 1. The van der Waals surface area contributed by atoms with Gasteiger partial charge in [0.05, 0.1) is 12.8 Å². The molecule has 2 heterocycles. The fraction of sp³-hybridized carbons (Fsp3) is 0.136. The van der Waals surface area contributed by atoms with Gasteiger partial charge in [-0.25, -0.2) is 4.98 Å². The molecule has 0 saturated heterocycles. The summed E-state index contributed by atoms with van der Waals surface area (Å²) in [5, 5.41) is 7.27. The van der Waals surface area contributed by atoms with Crippen molar-refractivity contribution in [1.82, 2.24) is 9.97 Å². The summed E-state index contributed by atoms with van der Waals surface area (Å²) < 4.78 is 10.9. The number of methoxy groups -OCH3 is 1. The predicted molar refractivity (Wildman–Crippen MR) is 115 cm³/mol. The molecule has 2 aromatic heterocycles. The van der Waals surface area contributed by atoms with Gasteiger partial charge in [-0.2, -0.15) is 0 Å². The molecule has 29 heavy (non-hydrogen) atoms. The Kier molecular flexibility index (Phi) is 5.39. The first-order valence-electron chi connectivity index (χ1n) is 9.01. The molecule has 2 aromatic carbocycles. The van der Waals surface area contributed by atoms with Gasteiger partial charge in [-0.3, -0.25) is 15.1 Å². The standard InChI is InChI=1S/C22H19N3O3S/c1-14-7-8-18(19(11-14)27-2)28-12-20(26)25-22-24-17(13-29-22)21-16-6-4-3-5-15(16)9-10-23-21/h3-11,13H,12H2,1-2H3,(H,24,25,26). The number of amides is 1. The smallest absolute Gasteiger partial charge is 0.264 e. The van der Waals surface area contributed by atoms with E-state index in [2.05, 4.69) is 15.3 Å². The van der Waals surface area contributed by atoms with Crippen LogP contribution in [-0.2, 0) is 4.79 Å². The molecule has 0 atom stereocenters. The number of aromatic nitrogens is 2. The zero-order valence-electron chi connectivity index (χ0n) is 16.0. The van der Waals surface area contributed by atoms with Crippen molar-refractivity contribution in [3.8, 4) is 22.9 Å². The van der Waals surface area contributed by atoms with Gasteiger partial charge in [0.25, 0.3) is 5.91 Å². The number of benzene rings is 2. The number of nitrogens with one attached hydrogen (secondary N) is 1. The fourth-order valence-electron chi connectivity index (χ4n) is 2.96. The summed E-state index contributed by atoms with van der Waals surface area (Å²) in [4.78, 5) is 21.3. The summed E-state index contributed by atoms with van der Waals surface area (Å²) in [5.74, 6) is 0.823. The third-order valence-electron chi connectivity index (χ3n) is 4.34. The molecule has 0 fully saturated rings. The first-order chi connectivity index (χ1) is 14.1. The lowest BCUT2D eigenvalue weighted by Gasteiger charge is -2.10. The molecule has 4 aromatic rings. The normalized spacial score (nSPS) is 10.7. The van der Waals surface area contributed by atoms with Gasteiger partial charge in [-0.15, -0.1) is 11.3 Å². The number of fused-ring (bicyclic) bond motifs is 1. The minimum absolute atomic E-state index is 0.138. The topological polar surface area (TPSA) is 73.3 Å². The highest BCUT2D eigenvalue weighted by molar-refractivity contribution is 7.14. The highest BCUT2D eigenvalue weighted by Crippen LogP contribution is 2.30. The predicted octanol–water partition coefficient (Wildman–Crippen LogP) is 4.69. The van der Waals surface area contributed by atoms with Crippen LogP contribution in [0.15, 0.2) is 60.1 Å². The maximum absolute atomic E-state index is 12.3. The molecule has 1 N–H and O–H groups in total. The van der Waals surface area contributed by atoms with Crippen molar-refractivity contribution < 1.29 is 14.3 Å². The zero-order valence-corrected chi connectivity index (χ0v) is 16.8. The number of rotatable bonds is 6. The minimum Gasteiger partial charge on any atom is -0.493 e. The lowest BCUT2D eigenvalue weighted by Crippen LogP contribution is -2.20. The highest BCUT2D eigenvalue weighted by atomic mass is 32.1. The van der Waals surface area contributed by atoms with Crippen LogP contribution in [0.25, 0.3) is 22.2 Å². The van der Waals surface area contributed by atoms with Gasteiger partial charge in [0.2, 0.25) is 0 Å². The Hall–Kier alpha value is -3.45. The molecule has 4 rings (SSSR count). The maximum Gasteiger partial charge on any atom is 0.264 e. The molecule has 7 heteroatoms. The quantitative estimate of drug-likeness (QED) is 0.504. The van der Waals surface area contributed by atoms with E-state index < -0.39 is 0 Å². The third kappa shape index (κ3) is 4.20. The van der Waals surface area contributed by atoms with Crippen molar-refractivity contribution in [1.29, 1.82) is 0 Å². The second kappa shape index (κ2) is 8.28. The summed E-state index contributed by atoms with van der Waals surface area (Å²) in [6, 6.07) is 15.5. The van der Waals surface area contributed by atoms with Crippen molar-refractivity contribution in [2.24, 2.45) is 0 Å². The third-order valence-corrected chi connectivity index (χ3v) is 5.10. The van der Waals surface area contributed by atoms with E-state index in [0.29, 0.717) is 16.6 Å². The summed E-state index contributed by atoms with van der Waals surface area (Å²) >= 11 is 1.35. The van der Waals surface area contributed by atoms with Gasteiger partial charge >= 0.3 is 0 Å². The average molecular weight is 405 g/mol. The van der Waals surface area contributed by atoms with Crippen LogP contribution in [0.3, 0.4) is 0 Å². The molecule has 0 spiro atoms. The van der Waals surface area contributed by atoms with Gasteiger partial charge in [-0.1, -0.05) is 30.3 Å². The SMILES string of the molecule is COc1cc(C)ccc1OCC(=O)Nc1nc(-c2nccc3ccccc23)cs1. The Morgan fingerprint density at radius 2 is 2.00 bits per heavy atom. The second-order valence-electron chi connectivity index (χ2n) is 6.41. The van der Waals surface area contributed by atoms with Gasteiger partial charge in [0, 0.05) is 17.0 Å². The van der Waals surface area contributed by atoms with E-state index in [4.69, 9.17) is 9.47 Å². The molecule has 0 saturated carbocycles. The molecule has 0 bridgehead atoms. The van der Waals surface area contributed by atoms with Crippen molar-refractivity contribution in [2.45, 2.75) is 6.92 Å². The molecular formula is C22H19N3O3S. The van der Waals surface area contributed by atoms with E-state index in [1.807, 2.05) is 54.8 Å². The Bertz CT molecular complexity index is 1170. The monoisotopic (exact) mass is 405 g/mol. The van der Waals surface area contributed by atoms with Crippen LogP contribution in [-0.4, -0.2) is 29.6 Å². The highest BCUT2D eigenvalue weighted by Gasteiger charge is 2.13. The van der Waals surface area contributed by atoms with E-state index in [0.717, 1.165) is 27.7 Å². The largest absolute Gasteiger partial charge is 0.493 e. The number of aryl methyl sites for hydroxylation is 1. The van der Waals surface area contributed by atoms with Crippen LogP contribution >= 0.6 is 11.3 Å². The van der Waals surface area contributed by atoms with Crippen LogP contribution in [0.1, 0.15) is 5.56 Å². The zero-order chi connectivity index (χ0) is 20.2. The van der Waals surface area contributed by atoms with Crippen molar-refractivity contribution in [2.75, 3.05) is 19.0 Å². The van der Waals surface area contributed by atoms with Gasteiger partial charge in [0.1, 0.15) is 5.69 Å². The van der Waals surface area contributed by atoms with Gasteiger partial charge in [-0.05, 0) is 36.1 Å². The van der Waals surface area contributed by atoms with Crippen LogP contribution in [0, 0.1) is 6.92 Å². The molecule has 0 aliphatic carbocycles. The Morgan fingerprint density at radius 3 is 2.86 bits per heavy atom. The minimum atomic E-state index is -0.292. The molecule has 0 radical (unpaired) electrons. The number of hydrogen-bond acceptors (Lipinski definition) is 6. The number of nitrogens with zero attached hydrogens (tertiary/aromatic N) is 2. The Labute approximate surface area is 172 Å². The fourth-order valence-corrected chi connectivity index (χ4v) is 3.67. The molecule has 6 nitrogen and oxygen atoms in total. The van der Waals surface area contributed by atoms with E-state index in [9.17, 15) is 4.79 Å². The molecule has 146 valence electrons. The van der Waals surface area contributed by atoms with Crippen LogP contribution in [0.5, 0.6) is 11.5 Å². The van der Waals surface area contributed by atoms with Crippen molar-refractivity contribution in [3.05, 3.63) is 65.7 Å².